The van der Waals surface area contributed by atoms with Gasteiger partial charge in [0.05, 0.1) is 23.8 Å². The van der Waals surface area contributed by atoms with Crippen LogP contribution in [0.1, 0.15) is 31.0 Å². The first-order chi connectivity index (χ1) is 11.3. The van der Waals surface area contributed by atoms with Crippen LogP contribution in [-0.2, 0) is 0 Å². The first-order valence-electron chi connectivity index (χ1n) is 8.22. The van der Waals surface area contributed by atoms with Crippen LogP contribution in [0.4, 0.5) is 0 Å². The molecule has 0 radical (unpaired) electrons. The van der Waals surface area contributed by atoms with Crippen LogP contribution >= 0.6 is 0 Å². The molecule has 0 spiro atoms. The van der Waals surface area contributed by atoms with E-state index in [1.54, 1.807) is 0 Å². The molecule has 2 heteroatoms. The van der Waals surface area contributed by atoms with Crippen molar-refractivity contribution in [3.8, 4) is 0 Å². The Kier molecular flexibility index (Phi) is 7.06. The predicted molar refractivity (Wildman–Crippen MR) is 98.8 cm³/mol. The van der Waals surface area contributed by atoms with Crippen molar-refractivity contribution >= 4 is 5.70 Å². The molecule has 2 aromatic rings. The van der Waals surface area contributed by atoms with Crippen molar-refractivity contribution in [3.63, 3.8) is 0 Å². The lowest BCUT2D eigenvalue weighted by atomic mass is 10.1. The van der Waals surface area contributed by atoms with Crippen LogP contribution < -0.4 is 10.6 Å². The third kappa shape index (κ3) is 5.37. The Bertz CT molecular complexity index is 615. The van der Waals surface area contributed by atoms with Gasteiger partial charge < -0.3 is 10.6 Å². The van der Waals surface area contributed by atoms with Crippen molar-refractivity contribution < 1.29 is 0 Å². The molecule has 0 aromatic heterocycles. The first-order valence-corrected chi connectivity index (χ1v) is 8.22. The van der Waals surface area contributed by atoms with Gasteiger partial charge >= 0.3 is 0 Å². The molecule has 1 unspecified atom stereocenters. The fourth-order valence-corrected chi connectivity index (χ4v) is 2.43. The van der Waals surface area contributed by atoms with Crippen LogP contribution in [0.2, 0.25) is 0 Å². The van der Waals surface area contributed by atoms with Crippen LogP contribution in [0.15, 0.2) is 72.8 Å². The van der Waals surface area contributed by atoms with E-state index in [1.807, 2.05) is 18.2 Å². The van der Waals surface area contributed by atoms with E-state index in [1.165, 1.54) is 11.1 Å². The van der Waals surface area contributed by atoms with Gasteiger partial charge in [-0.1, -0.05) is 55.5 Å². The lowest BCUT2D eigenvalue weighted by Gasteiger charge is -2.11. The molecule has 118 valence electrons. The van der Waals surface area contributed by atoms with Crippen LogP contribution in [0.3, 0.4) is 0 Å². The minimum atomic E-state index is 0.177. The molecule has 0 aliphatic heterocycles. The maximum absolute atomic E-state index is 3.48. The van der Waals surface area contributed by atoms with Crippen molar-refractivity contribution in [1.82, 2.24) is 10.6 Å². The quantitative estimate of drug-likeness (QED) is 0.560. The second-order valence-corrected chi connectivity index (χ2v) is 5.23. The van der Waals surface area contributed by atoms with Crippen molar-refractivity contribution in [1.29, 1.82) is 0 Å². The predicted octanol–water partition coefficient (Wildman–Crippen LogP) is 4.35. The van der Waals surface area contributed by atoms with E-state index in [9.17, 15) is 0 Å². The van der Waals surface area contributed by atoms with E-state index in [2.05, 4.69) is 85.2 Å². The zero-order valence-corrected chi connectivity index (χ0v) is 13.9. The minimum absolute atomic E-state index is 0.177. The van der Waals surface area contributed by atoms with Crippen molar-refractivity contribution in [2.45, 2.75) is 19.9 Å². The lowest BCUT2D eigenvalue weighted by molar-refractivity contribution is 0.647. The molecule has 0 saturated heterocycles. The average molecular weight is 305 g/mol. The molecule has 2 N–H and O–H groups in total. The molecule has 0 heterocycles. The number of rotatable bonds is 8. The molecule has 0 amide bonds. The zero-order chi connectivity index (χ0) is 16.3. The van der Waals surface area contributed by atoms with Crippen molar-refractivity contribution in [3.05, 3.63) is 90.0 Å². The molecular weight excluding hydrogens is 280 g/mol. The van der Waals surface area contributed by atoms with Crippen LogP contribution in [0, 0.1) is 6.08 Å². The number of hydrogen-bond donors (Lipinski definition) is 2. The first kappa shape index (κ1) is 17.0. The summed E-state index contributed by atoms with van der Waals surface area (Å²) in [5.74, 6) is 0. The highest BCUT2D eigenvalue weighted by atomic mass is 14.9. The average Bonchev–Trinajstić information content (AvgIpc) is 2.61. The van der Waals surface area contributed by atoms with Crippen LogP contribution in [0.25, 0.3) is 5.70 Å². The van der Waals surface area contributed by atoms with Gasteiger partial charge in [-0.15, -0.1) is 0 Å². The lowest BCUT2D eigenvalue weighted by Crippen LogP contribution is -2.18. The van der Waals surface area contributed by atoms with E-state index in [-0.39, 0.29) is 6.04 Å². The van der Waals surface area contributed by atoms with Crippen LogP contribution in [-0.4, -0.2) is 13.1 Å². The molecule has 2 nitrogen and oxygen atoms in total. The topological polar surface area (TPSA) is 24.1 Å². The summed E-state index contributed by atoms with van der Waals surface area (Å²) in [7, 11) is 0. The number of hydrogen-bond acceptors (Lipinski definition) is 2. The fraction of sp³-hybridized carbons (Fsp3) is 0.238. The van der Waals surface area contributed by atoms with Crippen molar-refractivity contribution in [2.24, 2.45) is 0 Å². The summed E-state index contributed by atoms with van der Waals surface area (Å²) in [4.78, 5) is 0. The van der Waals surface area contributed by atoms with E-state index in [0.717, 1.165) is 18.8 Å². The monoisotopic (exact) mass is 305 g/mol. The summed E-state index contributed by atoms with van der Waals surface area (Å²) in [5.41, 5.74) is 3.52. The third-order valence-electron chi connectivity index (χ3n) is 3.53. The zero-order valence-electron chi connectivity index (χ0n) is 13.9. The summed E-state index contributed by atoms with van der Waals surface area (Å²) in [6, 6.07) is 21.0. The molecule has 0 bridgehead atoms. The summed E-state index contributed by atoms with van der Waals surface area (Å²) in [5, 5.41) is 6.88. The summed E-state index contributed by atoms with van der Waals surface area (Å²) < 4.78 is 0. The summed E-state index contributed by atoms with van der Waals surface area (Å²) >= 11 is 0. The Labute approximate surface area is 139 Å². The standard InChI is InChI=1S/C21H25N2/c1-3-22-20(18-12-7-5-8-13-18)16-11-17-21(23-4-2)19-14-9-6-10-15-19/h5-10,12-17,20,22-23H,3-4H2,1-2H3/q+1/b21-17-. The van der Waals surface area contributed by atoms with Gasteiger partial charge in [0.2, 0.25) is 0 Å². The van der Waals surface area contributed by atoms with Gasteiger partial charge in [-0.2, -0.15) is 0 Å². The van der Waals surface area contributed by atoms with E-state index >= 15 is 0 Å². The van der Waals surface area contributed by atoms with Gasteiger partial charge in [-0.25, -0.2) is 0 Å². The highest BCUT2D eigenvalue weighted by Gasteiger charge is 2.10. The number of likely N-dealkylation sites (N-methyl/N-ethyl adjacent to an activating group) is 1. The third-order valence-corrected chi connectivity index (χ3v) is 3.53. The Morgan fingerprint density at radius 1 is 0.957 bits per heavy atom. The number of benzene rings is 2. The van der Waals surface area contributed by atoms with E-state index in [0.29, 0.717) is 0 Å². The van der Waals surface area contributed by atoms with Gasteiger partial charge in [-0.05, 0) is 31.2 Å². The molecule has 0 saturated carbocycles. The smallest absolute Gasteiger partial charge is 0.185 e. The maximum atomic E-state index is 3.48. The summed E-state index contributed by atoms with van der Waals surface area (Å²) in [6.07, 6.45) is 7.44. The Morgan fingerprint density at radius 2 is 1.61 bits per heavy atom. The second-order valence-electron chi connectivity index (χ2n) is 5.23. The molecular formula is C21H25N2+. The highest BCUT2D eigenvalue weighted by molar-refractivity contribution is 5.64. The number of allylic oxidation sites excluding steroid dienone is 2. The SMILES string of the molecule is CCN/C(=C\[C+]=CC(NCC)c1ccccc1)c1ccccc1. The minimum Gasteiger partial charge on any atom is -0.310 e. The molecule has 0 aliphatic carbocycles. The fourth-order valence-electron chi connectivity index (χ4n) is 2.43. The molecule has 1 atom stereocenters. The van der Waals surface area contributed by atoms with Crippen LogP contribution in [0.5, 0.6) is 0 Å². The molecule has 2 rings (SSSR count). The van der Waals surface area contributed by atoms with E-state index < -0.39 is 0 Å². The molecule has 2 aromatic carbocycles. The maximum Gasteiger partial charge on any atom is 0.185 e. The molecule has 23 heavy (non-hydrogen) atoms. The highest BCUT2D eigenvalue weighted by Crippen LogP contribution is 2.15. The Balaban J connectivity index is 2.17. The van der Waals surface area contributed by atoms with E-state index in [4.69, 9.17) is 0 Å². The molecule has 0 aliphatic rings. The van der Waals surface area contributed by atoms with Crippen molar-refractivity contribution in [2.75, 3.05) is 13.1 Å². The Hall–Kier alpha value is -2.41. The van der Waals surface area contributed by atoms with Gasteiger partial charge in [-0.3, -0.25) is 0 Å². The number of nitrogens with one attached hydrogen (secondary N) is 2. The van der Waals surface area contributed by atoms with Gasteiger partial charge in [0.1, 0.15) is 0 Å². The Morgan fingerprint density at radius 3 is 2.22 bits per heavy atom. The summed E-state index contributed by atoms with van der Waals surface area (Å²) in [6.45, 7) is 6.03. The largest absolute Gasteiger partial charge is 0.310 e. The molecule has 0 fully saturated rings. The van der Waals surface area contributed by atoms with Gasteiger partial charge in [0.25, 0.3) is 0 Å². The van der Waals surface area contributed by atoms with Gasteiger partial charge in [0, 0.05) is 6.54 Å². The normalized spacial score (nSPS) is 12.9. The van der Waals surface area contributed by atoms with Gasteiger partial charge in [0.15, 0.2) is 11.8 Å². The second kappa shape index (κ2) is 9.58.